The molecule has 5 amide bonds. The molecule has 0 radical (unpaired) electrons. The van der Waals surface area contributed by atoms with E-state index in [0.29, 0.717) is 30.5 Å². The summed E-state index contributed by atoms with van der Waals surface area (Å²) in [5.41, 5.74) is 8.52. The summed E-state index contributed by atoms with van der Waals surface area (Å²) in [5.74, 6) is -4.92. The molecule has 4 aromatic rings. The lowest BCUT2D eigenvalue weighted by Crippen LogP contribution is -2.55. The molecule has 10 N–H and O–H groups in total. The number of fused-ring (bicyclic) bond motifs is 5. The third-order valence-electron chi connectivity index (χ3n) is 12.0. The summed E-state index contributed by atoms with van der Waals surface area (Å²) in [6, 6.07) is 19.1. The molecule has 4 bridgehead atoms. The number of carboxylic acids is 1. The van der Waals surface area contributed by atoms with Crippen LogP contribution < -0.4 is 27.0 Å². The maximum Gasteiger partial charge on any atom is 0.326 e. The zero-order chi connectivity index (χ0) is 47.8. The van der Waals surface area contributed by atoms with Crippen LogP contribution in [0, 0.1) is 0 Å². The highest BCUT2D eigenvalue weighted by Crippen LogP contribution is 2.39. The highest BCUT2D eigenvalue weighted by Gasteiger charge is 2.36. The molecule has 0 unspecified atom stereocenters. The first-order valence-electron chi connectivity index (χ1n) is 23.0. The topological polar surface area (TPSA) is 242 Å². The van der Waals surface area contributed by atoms with Crippen molar-refractivity contribution in [2.24, 2.45) is 0 Å². The summed E-state index contributed by atoms with van der Waals surface area (Å²) < 4.78 is 0. The highest BCUT2D eigenvalue weighted by molar-refractivity contribution is 5.97. The number of benzene rings is 4. The number of quaternary nitrogens is 1. The first-order chi connectivity index (χ1) is 31.7. The summed E-state index contributed by atoms with van der Waals surface area (Å²) in [7, 11) is 1.38. The number of phenolic OH excluding ortho intramolecular Hbond substituents is 2. The number of carbonyl (C=O) groups excluding carboxylic acids is 5. The predicted octanol–water partition coefficient (Wildman–Crippen LogP) is 5.18. The molecule has 4 aromatic carbocycles. The Hall–Kier alpha value is -6.74. The quantitative estimate of drug-likeness (QED) is 0.0544. The maximum absolute atomic E-state index is 14.4. The second kappa shape index (κ2) is 24.5. The number of hydrogen-bond donors (Lipinski definition) is 8. The SMILES string of the molecule is CCCCCCCCc1ccc(-c2ccc(C(=O)NCCC(=O)N[C@@H](CCCC[NH3+])C(=O)N(C)[C@@H]3C(=O)N[C@@H](C)C(=O)N[C@H](C(=O)O)Cc4ccc(O)c(c4)-c4cc3ccc4O)cc2)cc1. The summed E-state index contributed by atoms with van der Waals surface area (Å²) in [4.78, 5) is 81.7. The largest absolute Gasteiger partial charge is 0.507 e. The number of phenols is 2. The fourth-order valence-electron chi connectivity index (χ4n) is 8.11. The number of nitrogens with one attached hydrogen (secondary N) is 4. The Kier molecular flexibility index (Phi) is 18.7. The number of aryl methyl sites for hydroxylation is 1. The van der Waals surface area contributed by atoms with Crippen LogP contribution in [-0.4, -0.2) is 94.0 Å². The minimum atomic E-state index is -1.43. The number of carboxylic acid groups (broad SMARTS) is 1. The molecule has 15 heteroatoms. The van der Waals surface area contributed by atoms with E-state index in [1.54, 1.807) is 12.1 Å². The van der Waals surface area contributed by atoms with Gasteiger partial charge in [0.1, 0.15) is 35.7 Å². The molecule has 66 heavy (non-hydrogen) atoms. The van der Waals surface area contributed by atoms with E-state index in [9.17, 15) is 44.1 Å². The third kappa shape index (κ3) is 13.9. The summed E-state index contributed by atoms with van der Waals surface area (Å²) >= 11 is 0. The van der Waals surface area contributed by atoms with Gasteiger partial charge in [-0.05, 0) is 103 Å². The zero-order valence-electron chi connectivity index (χ0n) is 38.2. The van der Waals surface area contributed by atoms with Crippen LogP contribution in [0.1, 0.15) is 111 Å². The molecule has 0 saturated carbocycles. The second-order valence-electron chi connectivity index (χ2n) is 17.1. The molecule has 1 aliphatic heterocycles. The maximum atomic E-state index is 14.4. The van der Waals surface area contributed by atoms with Crippen LogP contribution in [-0.2, 0) is 36.8 Å². The number of nitrogens with zero attached hydrogens (tertiary/aromatic N) is 1. The van der Waals surface area contributed by atoms with Gasteiger partial charge >= 0.3 is 5.97 Å². The van der Waals surface area contributed by atoms with E-state index in [2.05, 4.69) is 58.2 Å². The van der Waals surface area contributed by atoms with Gasteiger partial charge < -0.3 is 47.2 Å². The van der Waals surface area contributed by atoms with Crippen molar-refractivity contribution in [3.8, 4) is 33.8 Å². The van der Waals surface area contributed by atoms with Gasteiger partial charge in [0.05, 0.1) is 6.54 Å². The van der Waals surface area contributed by atoms with E-state index in [1.807, 2.05) is 12.1 Å². The van der Waals surface area contributed by atoms with Crippen molar-refractivity contribution < 1.29 is 49.8 Å². The Bertz CT molecular complexity index is 2320. The Balaban J connectivity index is 1.26. The van der Waals surface area contributed by atoms with Gasteiger partial charge in [0.15, 0.2) is 0 Å². The van der Waals surface area contributed by atoms with E-state index in [0.717, 1.165) is 22.4 Å². The van der Waals surface area contributed by atoms with Gasteiger partial charge in [-0.15, -0.1) is 0 Å². The van der Waals surface area contributed by atoms with Crippen molar-refractivity contribution in [2.75, 3.05) is 20.1 Å². The molecule has 0 aromatic heterocycles. The number of amides is 5. The molecule has 352 valence electrons. The Morgan fingerprint density at radius 2 is 1.42 bits per heavy atom. The molecule has 0 saturated heterocycles. The van der Waals surface area contributed by atoms with Crippen LogP contribution in [0.25, 0.3) is 22.3 Å². The van der Waals surface area contributed by atoms with E-state index >= 15 is 0 Å². The molecule has 0 spiro atoms. The molecule has 1 heterocycles. The van der Waals surface area contributed by atoms with Crippen molar-refractivity contribution in [3.63, 3.8) is 0 Å². The van der Waals surface area contributed by atoms with Crippen LogP contribution in [0.15, 0.2) is 84.9 Å². The Morgan fingerprint density at radius 3 is 2.09 bits per heavy atom. The van der Waals surface area contributed by atoms with E-state index in [1.165, 1.54) is 94.5 Å². The van der Waals surface area contributed by atoms with Crippen LogP contribution in [0.5, 0.6) is 11.5 Å². The highest BCUT2D eigenvalue weighted by atomic mass is 16.4. The number of rotatable bonds is 20. The molecule has 0 fully saturated rings. The van der Waals surface area contributed by atoms with Crippen molar-refractivity contribution in [1.29, 1.82) is 0 Å². The molecule has 1 aliphatic rings. The molecule has 15 nitrogen and oxygen atoms in total. The second-order valence-corrected chi connectivity index (χ2v) is 17.1. The number of aliphatic carboxylic acids is 1. The molecular formula is C51H65N6O9+. The first kappa shape index (κ1) is 50.3. The van der Waals surface area contributed by atoms with Gasteiger partial charge in [-0.25, -0.2) is 4.79 Å². The van der Waals surface area contributed by atoms with Crippen molar-refractivity contribution in [1.82, 2.24) is 26.2 Å². The fraction of sp³-hybridized carbons (Fsp3) is 0.412. The molecular weight excluding hydrogens is 841 g/mol. The lowest BCUT2D eigenvalue weighted by atomic mass is 9.93. The van der Waals surface area contributed by atoms with Crippen molar-refractivity contribution in [2.45, 2.75) is 115 Å². The van der Waals surface area contributed by atoms with E-state index < -0.39 is 53.8 Å². The van der Waals surface area contributed by atoms with Gasteiger partial charge in [-0.1, -0.05) is 87.6 Å². The Labute approximate surface area is 386 Å². The third-order valence-corrected chi connectivity index (χ3v) is 12.0. The van der Waals surface area contributed by atoms with E-state index in [4.69, 9.17) is 0 Å². The van der Waals surface area contributed by atoms with Gasteiger partial charge in [-0.3, -0.25) is 24.0 Å². The minimum Gasteiger partial charge on any atom is -0.507 e. The van der Waals surface area contributed by atoms with Crippen LogP contribution >= 0.6 is 0 Å². The van der Waals surface area contributed by atoms with Crippen molar-refractivity contribution in [3.05, 3.63) is 107 Å². The number of likely N-dealkylation sites (N-methyl/N-ethyl adjacent to an activating group) is 1. The number of hydrogen-bond acceptors (Lipinski definition) is 8. The molecule has 5 rings (SSSR count). The summed E-state index contributed by atoms with van der Waals surface area (Å²) in [6.45, 7) is 4.17. The smallest absolute Gasteiger partial charge is 0.326 e. The number of carbonyl (C=O) groups is 6. The average molecular weight is 906 g/mol. The van der Waals surface area contributed by atoms with Gasteiger partial charge in [0, 0.05) is 43.1 Å². The van der Waals surface area contributed by atoms with Gasteiger partial charge in [-0.2, -0.15) is 0 Å². The van der Waals surface area contributed by atoms with Crippen LogP contribution in [0.3, 0.4) is 0 Å². The summed E-state index contributed by atoms with van der Waals surface area (Å²) in [6.07, 6.45) is 9.66. The predicted molar refractivity (Wildman–Crippen MR) is 251 cm³/mol. The lowest BCUT2D eigenvalue weighted by Gasteiger charge is -2.32. The standard InChI is InChI=1S/C51H64N6O9/c1-4-5-6-7-8-9-12-33-14-17-35(18-15-33)36-19-21-37(22-20-36)48(62)53-28-26-45(60)55-41(13-10-11-27-52)50(64)57(3)46-38-23-25-44(59)40(31-38)39-29-34(16-24-43(39)58)30-42(51(65)66)56-47(61)32(2)54-49(46)63/h14-25,29,31-32,41-42,46,58-59H,4-13,26-28,30,52H2,1-3H3,(H,53,62)(H,54,63)(H,55,60)(H,56,61)(H,65,66)/p+1/t32-,41-,42-,46-/m0/s1. The Morgan fingerprint density at radius 1 is 0.788 bits per heavy atom. The van der Waals surface area contributed by atoms with Gasteiger partial charge in [0.25, 0.3) is 5.91 Å². The fourth-order valence-corrected chi connectivity index (χ4v) is 8.11. The first-order valence-corrected chi connectivity index (χ1v) is 23.0. The minimum absolute atomic E-state index is 0.0137. The molecule has 0 aliphatic carbocycles. The summed E-state index contributed by atoms with van der Waals surface area (Å²) in [5, 5.41) is 42.4. The monoisotopic (exact) mass is 905 g/mol. The van der Waals surface area contributed by atoms with Gasteiger partial charge in [0.2, 0.25) is 23.6 Å². The zero-order valence-corrected chi connectivity index (χ0v) is 38.2. The number of unbranched alkanes of at least 4 members (excludes halogenated alkanes) is 6. The lowest BCUT2D eigenvalue weighted by molar-refractivity contribution is -0.368. The van der Waals surface area contributed by atoms with Crippen LogP contribution in [0.2, 0.25) is 0 Å². The number of aromatic hydroxyl groups is 2. The van der Waals surface area contributed by atoms with E-state index in [-0.39, 0.29) is 59.9 Å². The molecule has 4 atom stereocenters. The normalized spacial score (nSPS) is 16.5. The van der Waals surface area contributed by atoms with Crippen molar-refractivity contribution >= 4 is 35.5 Å². The van der Waals surface area contributed by atoms with Crippen LogP contribution in [0.4, 0.5) is 0 Å². The average Bonchev–Trinajstić information content (AvgIpc) is 3.30.